The summed E-state index contributed by atoms with van der Waals surface area (Å²) in [4.78, 5) is 12.2. The predicted octanol–water partition coefficient (Wildman–Crippen LogP) is 5.12. The van der Waals surface area contributed by atoms with Gasteiger partial charge in [0.25, 0.3) is 0 Å². The molecule has 0 unspecified atom stereocenters. The van der Waals surface area contributed by atoms with Crippen molar-refractivity contribution in [2.45, 2.75) is 0 Å². The Labute approximate surface area is 162 Å². The molecule has 0 aliphatic heterocycles. The molecule has 0 saturated heterocycles. The highest BCUT2D eigenvalue weighted by Gasteiger charge is 2.18. The number of benzene rings is 3. The quantitative estimate of drug-likeness (QED) is 0.458. The second-order valence-corrected chi connectivity index (χ2v) is 6.09. The number of para-hydroxylation sites is 2. The lowest BCUT2D eigenvalue weighted by atomic mass is 10.1. The molecule has 5 nitrogen and oxygen atoms in total. The van der Waals surface area contributed by atoms with Gasteiger partial charge in [0.1, 0.15) is 11.5 Å². The Balaban J connectivity index is 1.65. The molecule has 0 saturated carbocycles. The fourth-order valence-corrected chi connectivity index (χ4v) is 2.86. The van der Waals surface area contributed by atoms with Crippen molar-refractivity contribution in [2.24, 2.45) is 0 Å². The molecule has 5 heteroatoms. The predicted molar refractivity (Wildman–Crippen MR) is 107 cm³/mol. The van der Waals surface area contributed by atoms with Gasteiger partial charge in [0.05, 0.1) is 18.5 Å². The van der Waals surface area contributed by atoms with E-state index < -0.39 is 5.97 Å². The maximum atomic E-state index is 12.2. The van der Waals surface area contributed by atoms with E-state index in [9.17, 15) is 4.79 Å². The first-order valence-electron chi connectivity index (χ1n) is 8.82. The summed E-state index contributed by atoms with van der Waals surface area (Å²) in [5.74, 6) is 1.06. The summed E-state index contributed by atoms with van der Waals surface area (Å²) in [6.45, 7) is 0. The van der Waals surface area contributed by atoms with Crippen molar-refractivity contribution in [1.29, 1.82) is 0 Å². The highest BCUT2D eigenvalue weighted by molar-refractivity contribution is 5.89. The Kier molecular flexibility index (Phi) is 4.89. The van der Waals surface area contributed by atoms with E-state index in [1.165, 1.54) is 7.11 Å². The van der Waals surface area contributed by atoms with Crippen LogP contribution in [0.1, 0.15) is 10.5 Å². The van der Waals surface area contributed by atoms with Crippen molar-refractivity contribution in [1.82, 2.24) is 9.78 Å². The monoisotopic (exact) mass is 370 g/mol. The summed E-state index contributed by atoms with van der Waals surface area (Å²) >= 11 is 0. The minimum Gasteiger partial charge on any atom is -0.464 e. The number of aromatic nitrogens is 2. The minimum atomic E-state index is -0.438. The van der Waals surface area contributed by atoms with Crippen LogP contribution in [-0.2, 0) is 4.74 Å². The molecule has 0 spiro atoms. The first kappa shape index (κ1) is 17.5. The molecule has 0 aliphatic carbocycles. The first-order valence-corrected chi connectivity index (χ1v) is 8.82. The third-order valence-corrected chi connectivity index (χ3v) is 4.23. The average Bonchev–Trinajstić information content (AvgIpc) is 3.21. The van der Waals surface area contributed by atoms with Crippen molar-refractivity contribution in [3.63, 3.8) is 0 Å². The van der Waals surface area contributed by atoms with Gasteiger partial charge in [-0.3, -0.25) is 0 Å². The zero-order valence-electron chi connectivity index (χ0n) is 15.3. The molecule has 0 fully saturated rings. The Bertz CT molecular complexity index is 1070. The summed E-state index contributed by atoms with van der Waals surface area (Å²) < 4.78 is 12.3. The van der Waals surface area contributed by atoms with Crippen LogP contribution in [0.4, 0.5) is 0 Å². The van der Waals surface area contributed by atoms with E-state index in [0.29, 0.717) is 11.4 Å². The van der Waals surface area contributed by atoms with Crippen LogP contribution in [0.2, 0.25) is 0 Å². The molecule has 1 aromatic heterocycles. The van der Waals surface area contributed by atoms with Gasteiger partial charge < -0.3 is 9.47 Å². The molecular formula is C23H18N2O3. The molecule has 4 aromatic rings. The summed E-state index contributed by atoms with van der Waals surface area (Å²) in [6.07, 6.45) is 0. The number of rotatable bonds is 5. The van der Waals surface area contributed by atoms with Crippen LogP contribution >= 0.6 is 0 Å². The lowest BCUT2D eigenvalue weighted by molar-refractivity contribution is 0.0590. The third-order valence-electron chi connectivity index (χ3n) is 4.23. The van der Waals surface area contributed by atoms with Crippen molar-refractivity contribution in [3.05, 3.63) is 96.7 Å². The van der Waals surface area contributed by atoms with Crippen molar-refractivity contribution < 1.29 is 14.3 Å². The van der Waals surface area contributed by atoms with Crippen molar-refractivity contribution in [3.8, 4) is 28.4 Å². The normalized spacial score (nSPS) is 10.5. The van der Waals surface area contributed by atoms with Crippen molar-refractivity contribution >= 4 is 5.97 Å². The Morgan fingerprint density at radius 3 is 2.07 bits per heavy atom. The Morgan fingerprint density at radius 2 is 1.43 bits per heavy atom. The zero-order chi connectivity index (χ0) is 19.3. The maximum Gasteiger partial charge on any atom is 0.356 e. The number of carbonyl (C=O) groups is 1. The Hall–Kier alpha value is -3.86. The van der Waals surface area contributed by atoms with Gasteiger partial charge >= 0.3 is 5.97 Å². The van der Waals surface area contributed by atoms with E-state index in [0.717, 1.165) is 22.7 Å². The third kappa shape index (κ3) is 3.64. The number of nitrogens with zero attached hydrogens (tertiary/aromatic N) is 2. The fourth-order valence-electron chi connectivity index (χ4n) is 2.86. The largest absolute Gasteiger partial charge is 0.464 e. The number of ether oxygens (including phenoxy) is 2. The molecule has 1 heterocycles. The van der Waals surface area contributed by atoms with Crippen LogP contribution in [0.25, 0.3) is 16.9 Å². The van der Waals surface area contributed by atoms with Gasteiger partial charge in [-0.25, -0.2) is 9.48 Å². The number of hydrogen-bond donors (Lipinski definition) is 0. The molecule has 28 heavy (non-hydrogen) atoms. The van der Waals surface area contributed by atoms with Crippen LogP contribution in [0.3, 0.4) is 0 Å². The van der Waals surface area contributed by atoms with Gasteiger partial charge in [-0.2, -0.15) is 5.10 Å². The van der Waals surface area contributed by atoms with Gasteiger partial charge in [0, 0.05) is 5.56 Å². The Morgan fingerprint density at radius 1 is 0.821 bits per heavy atom. The lowest BCUT2D eigenvalue weighted by Gasteiger charge is -2.06. The molecule has 0 atom stereocenters. The van der Waals surface area contributed by atoms with E-state index in [-0.39, 0.29) is 0 Å². The second kappa shape index (κ2) is 7.80. The standard InChI is InChI=1S/C23H18N2O3/c1-27-23(26)22-16-21(24-25(22)18-8-4-2-5-9-18)17-12-14-20(15-13-17)28-19-10-6-3-7-11-19/h2-16H,1H3. The molecule has 4 rings (SSSR count). The van der Waals surface area contributed by atoms with Crippen LogP contribution in [0.5, 0.6) is 11.5 Å². The van der Waals surface area contributed by atoms with Crippen LogP contribution in [0.15, 0.2) is 91.0 Å². The summed E-state index contributed by atoms with van der Waals surface area (Å²) in [6, 6.07) is 28.4. The van der Waals surface area contributed by atoms with E-state index in [1.807, 2.05) is 84.9 Å². The molecule has 0 amide bonds. The second-order valence-electron chi connectivity index (χ2n) is 6.09. The van der Waals surface area contributed by atoms with E-state index in [1.54, 1.807) is 10.7 Å². The van der Waals surface area contributed by atoms with Crippen LogP contribution in [0, 0.1) is 0 Å². The SMILES string of the molecule is COC(=O)c1cc(-c2ccc(Oc3ccccc3)cc2)nn1-c1ccccc1. The van der Waals surface area contributed by atoms with Crippen molar-refractivity contribution in [2.75, 3.05) is 7.11 Å². The van der Waals surface area contributed by atoms with Gasteiger partial charge in [-0.1, -0.05) is 36.4 Å². The smallest absolute Gasteiger partial charge is 0.356 e. The molecule has 3 aromatic carbocycles. The lowest BCUT2D eigenvalue weighted by Crippen LogP contribution is -2.09. The van der Waals surface area contributed by atoms with Crippen LogP contribution < -0.4 is 4.74 Å². The topological polar surface area (TPSA) is 53.4 Å². The van der Waals surface area contributed by atoms with E-state index in [4.69, 9.17) is 9.47 Å². The van der Waals surface area contributed by atoms with E-state index >= 15 is 0 Å². The van der Waals surface area contributed by atoms with Gasteiger partial charge in [-0.15, -0.1) is 0 Å². The number of esters is 1. The summed E-state index contributed by atoms with van der Waals surface area (Å²) in [7, 11) is 1.36. The fraction of sp³-hybridized carbons (Fsp3) is 0.0435. The molecular weight excluding hydrogens is 352 g/mol. The maximum absolute atomic E-state index is 12.2. The zero-order valence-corrected chi connectivity index (χ0v) is 15.3. The van der Waals surface area contributed by atoms with E-state index in [2.05, 4.69) is 5.10 Å². The molecule has 0 radical (unpaired) electrons. The minimum absolute atomic E-state index is 0.369. The van der Waals surface area contributed by atoms with Gasteiger partial charge in [0.2, 0.25) is 0 Å². The number of carbonyl (C=O) groups excluding carboxylic acids is 1. The molecule has 0 bridgehead atoms. The first-order chi connectivity index (χ1) is 13.7. The van der Waals surface area contributed by atoms with Gasteiger partial charge in [-0.05, 0) is 54.6 Å². The highest BCUT2D eigenvalue weighted by Crippen LogP contribution is 2.26. The number of methoxy groups -OCH3 is 1. The summed E-state index contributed by atoms with van der Waals surface area (Å²) in [5.41, 5.74) is 2.71. The molecule has 0 aliphatic rings. The highest BCUT2D eigenvalue weighted by atomic mass is 16.5. The van der Waals surface area contributed by atoms with Gasteiger partial charge in [0.15, 0.2) is 5.69 Å². The summed E-state index contributed by atoms with van der Waals surface area (Å²) in [5, 5.41) is 4.61. The number of hydrogen-bond acceptors (Lipinski definition) is 4. The molecule has 138 valence electrons. The average molecular weight is 370 g/mol. The molecule has 0 N–H and O–H groups in total. The van der Waals surface area contributed by atoms with Crippen LogP contribution in [-0.4, -0.2) is 22.9 Å².